The zero-order valence-electron chi connectivity index (χ0n) is 10.5. The quantitative estimate of drug-likeness (QED) is 0.864. The van der Waals surface area contributed by atoms with Crippen LogP contribution in [0.5, 0.6) is 0 Å². The fourth-order valence-electron chi connectivity index (χ4n) is 2.73. The number of hydrogen-bond donors (Lipinski definition) is 1. The molecule has 0 amide bonds. The predicted molar refractivity (Wildman–Crippen MR) is 75.9 cm³/mol. The van der Waals surface area contributed by atoms with Crippen LogP contribution in [0.15, 0.2) is 31.9 Å². The van der Waals surface area contributed by atoms with Gasteiger partial charge in [0.05, 0.1) is 16.3 Å². The summed E-state index contributed by atoms with van der Waals surface area (Å²) in [7, 11) is -3.44. The minimum Gasteiger partial charge on any atom is -0.208 e. The van der Waals surface area contributed by atoms with E-state index in [0.717, 1.165) is 37.0 Å². The molecule has 5 nitrogen and oxygen atoms in total. The molecule has 2 atom stereocenters. The maximum Gasteiger partial charge on any atom is 0.239 e. The summed E-state index contributed by atoms with van der Waals surface area (Å²) < 4.78 is 36.2. The Hall–Kier alpha value is -0.790. The van der Waals surface area contributed by atoms with Gasteiger partial charge >= 0.3 is 0 Å². The van der Waals surface area contributed by atoms with Crippen molar-refractivity contribution in [3.05, 3.63) is 23.1 Å². The van der Waals surface area contributed by atoms with Crippen LogP contribution in [0.25, 0.3) is 0 Å². The van der Waals surface area contributed by atoms with Gasteiger partial charge in [-0.2, -0.15) is 0 Å². The Morgan fingerprint density at radius 1 is 1.21 bits per heavy atom. The number of hydrogen-bond acceptors (Lipinski definition) is 4. The van der Waals surface area contributed by atoms with Gasteiger partial charge in [0.2, 0.25) is 10.0 Å². The third-order valence-corrected chi connectivity index (χ3v) is 6.05. The summed E-state index contributed by atoms with van der Waals surface area (Å²) in [5.41, 5.74) is 0. The molecule has 3 rings (SSSR count). The van der Waals surface area contributed by atoms with Crippen LogP contribution in [0.1, 0.15) is 32.1 Å². The smallest absolute Gasteiger partial charge is 0.208 e. The van der Waals surface area contributed by atoms with E-state index in [4.69, 9.17) is 0 Å². The fourth-order valence-corrected chi connectivity index (χ4v) is 5.07. The van der Waals surface area contributed by atoms with E-state index in [1.807, 2.05) is 6.08 Å². The van der Waals surface area contributed by atoms with E-state index in [1.165, 1.54) is 6.42 Å². The molecule has 1 N–H and O–H groups in total. The van der Waals surface area contributed by atoms with Crippen LogP contribution in [-0.2, 0) is 21.4 Å². The highest BCUT2D eigenvalue weighted by molar-refractivity contribution is 7.93. The number of nitrogens with one attached hydrogen (secondary N) is 1. The Bertz CT molecular complexity index is 582. The van der Waals surface area contributed by atoms with Crippen molar-refractivity contribution in [2.75, 3.05) is 0 Å². The van der Waals surface area contributed by atoms with Crippen LogP contribution in [0.3, 0.4) is 0 Å². The highest BCUT2D eigenvalue weighted by Crippen LogP contribution is 2.27. The summed E-state index contributed by atoms with van der Waals surface area (Å²) in [6.07, 6.45) is 10.6. The largest absolute Gasteiger partial charge is 0.239 e. The number of sulfonamides is 1. The van der Waals surface area contributed by atoms with Crippen molar-refractivity contribution in [2.45, 2.75) is 50.2 Å². The van der Waals surface area contributed by atoms with Gasteiger partial charge in [-0.05, 0) is 18.9 Å². The Kier molecular flexibility index (Phi) is 3.68. The molecule has 0 spiro atoms. The molecule has 0 radical (unpaired) electrons. The molecule has 0 aromatic rings. The first-order chi connectivity index (χ1) is 9.17. The van der Waals surface area contributed by atoms with Crippen LogP contribution >= 0.6 is 0 Å². The molecule has 0 unspecified atom stereocenters. The Labute approximate surface area is 117 Å². The lowest BCUT2D eigenvalue weighted by atomic mass is 9.96. The molecule has 7 heteroatoms. The molecule has 1 fully saturated rings. The molecule has 2 aliphatic carbocycles. The molecule has 0 bridgehead atoms. The standard InChI is InChI=1S/C12H17N3O2S2/c16-19(17,15-9-5-2-1-3-6-9)11-8-4-7-10-12(11)14-18-13-10/h4,7-10,12,15H,1-3,5-6H2/t10-,12+/m0/s1. The first-order valence-electron chi connectivity index (χ1n) is 6.64. The average Bonchev–Trinajstić information content (AvgIpc) is 2.87. The lowest BCUT2D eigenvalue weighted by Crippen LogP contribution is -2.40. The topological polar surface area (TPSA) is 70.9 Å². The van der Waals surface area contributed by atoms with Crippen molar-refractivity contribution in [2.24, 2.45) is 8.73 Å². The van der Waals surface area contributed by atoms with Crippen molar-refractivity contribution in [1.29, 1.82) is 0 Å². The SMILES string of the molecule is O=S(=O)(NC1CCCCC1)C1=CC=C[C@@H]2N=S=N[C@@H]12. The second-order valence-corrected chi connectivity index (χ2v) is 7.44. The van der Waals surface area contributed by atoms with Crippen LogP contribution in [0.4, 0.5) is 0 Å². The summed E-state index contributed by atoms with van der Waals surface area (Å²) in [5.74, 6) is 0. The summed E-state index contributed by atoms with van der Waals surface area (Å²) in [4.78, 5) is 0.360. The van der Waals surface area contributed by atoms with Crippen LogP contribution in [0.2, 0.25) is 0 Å². The van der Waals surface area contributed by atoms with Crippen molar-refractivity contribution >= 4 is 21.4 Å². The van der Waals surface area contributed by atoms with Crippen LogP contribution in [0, 0.1) is 0 Å². The summed E-state index contributed by atoms with van der Waals surface area (Å²) in [6.45, 7) is 0. The first-order valence-corrected chi connectivity index (χ1v) is 8.85. The predicted octanol–water partition coefficient (Wildman–Crippen LogP) is 1.89. The maximum atomic E-state index is 12.5. The van der Waals surface area contributed by atoms with Crippen LogP contribution in [-0.4, -0.2) is 26.5 Å². The van der Waals surface area contributed by atoms with Gasteiger partial charge in [0.1, 0.15) is 12.1 Å². The third kappa shape index (κ3) is 2.73. The normalized spacial score (nSPS) is 30.8. The van der Waals surface area contributed by atoms with E-state index in [2.05, 4.69) is 13.4 Å². The van der Waals surface area contributed by atoms with Gasteiger partial charge in [0.25, 0.3) is 0 Å². The zero-order valence-corrected chi connectivity index (χ0v) is 12.2. The van der Waals surface area contributed by atoms with E-state index in [-0.39, 0.29) is 18.1 Å². The molecular formula is C12H17N3O2S2. The molecule has 0 aromatic heterocycles. The maximum absolute atomic E-state index is 12.5. The highest BCUT2D eigenvalue weighted by atomic mass is 32.2. The Morgan fingerprint density at radius 2 is 2.00 bits per heavy atom. The van der Waals surface area contributed by atoms with Crippen LogP contribution < -0.4 is 4.72 Å². The number of rotatable bonds is 3. The number of fused-ring (bicyclic) bond motifs is 1. The summed E-state index contributed by atoms with van der Waals surface area (Å²) in [5, 5.41) is 0. The molecule has 0 saturated heterocycles. The summed E-state index contributed by atoms with van der Waals surface area (Å²) in [6, 6.07) is -0.404. The van der Waals surface area contributed by atoms with Gasteiger partial charge in [-0.15, -0.1) is 0 Å². The highest BCUT2D eigenvalue weighted by Gasteiger charge is 2.35. The third-order valence-electron chi connectivity index (χ3n) is 3.75. The molecular weight excluding hydrogens is 282 g/mol. The lowest BCUT2D eigenvalue weighted by Gasteiger charge is -2.25. The summed E-state index contributed by atoms with van der Waals surface area (Å²) >= 11 is 1.11. The van der Waals surface area contributed by atoms with E-state index in [9.17, 15) is 8.42 Å². The number of allylic oxidation sites excluding steroid dienone is 2. The van der Waals surface area contributed by atoms with Crippen molar-refractivity contribution in [3.8, 4) is 0 Å². The van der Waals surface area contributed by atoms with E-state index in [1.54, 1.807) is 12.2 Å². The Balaban J connectivity index is 1.78. The lowest BCUT2D eigenvalue weighted by molar-refractivity contribution is 0.412. The molecule has 1 saturated carbocycles. The molecule has 1 heterocycles. The first kappa shape index (κ1) is 13.2. The van der Waals surface area contributed by atoms with Gasteiger partial charge < -0.3 is 0 Å². The molecule has 0 aromatic carbocycles. The van der Waals surface area contributed by atoms with E-state index in [0.29, 0.717) is 4.91 Å². The van der Waals surface area contributed by atoms with Gasteiger partial charge in [-0.3, -0.25) is 0 Å². The molecule has 1 aliphatic heterocycles. The second kappa shape index (κ2) is 5.30. The molecule has 3 aliphatic rings. The van der Waals surface area contributed by atoms with Gasteiger partial charge in [-0.1, -0.05) is 31.4 Å². The monoisotopic (exact) mass is 299 g/mol. The van der Waals surface area contributed by atoms with Crippen molar-refractivity contribution in [1.82, 2.24) is 4.72 Å². The Morgan fingerprint density at radius 3 is 2.79 bits per heavy atom. The average molecular weight is 299 g/mol. The van der Waals surface area contributed by atoms with E-state index < -0.39 is 10.0 Å². The zero-order chi connectivity index (χ0) is 13.3. The second-order valence-electron chi connectivity index (χ2n) is 5.14. The van der Waals surface area contributed by atoms with Gasteiger partial charge in [0.15, 0.2) is 0 Å². The minimum atomic E-state index is -3.44. The van der Waals surface area contributed by atoms with Gasteiger partial charge in [0, 0.05) is 6.04 Å². The van der Waals surface area contributed by atoms with E-state index >= 15 is 0 Å². The number of nitrogens with zero attached hydrogens (tertiary/aromatic N) is 2. The van der Waals surface area contributed by atoms with Crippen molar-refractivity contribution in [3.63, 3.8) is 0 Å². The van der Waals surface area contributed by atoms with Gasteiger partial charge in [-0.25, -0.2) is 21.9 Å². The molecule has 19 heavy (non-hydrogen) atoms. The minimum absolute atomic E-state index is 0.0787. The molecule has 104 valence electrons. The fraction of sp³-hybridized carbons (Fsp3) is 0.667. The van der Waals surface area contributed by atoms with Crippen molar-refractivity contribution < 1.29 is 8.42 Å².